The second-order valence-electron chi connectivity index (χ2n) is 8.93. The van der Waals surface area contributed by atoms with Gasteiger partial charge in [-0.2, -0.15) is 12.6 Å². The van der Waals surface area contributed by atoms with E-state index in [9.17, 15) is 29.4 Å². The number of benzene rings is 2. The maximum absolute atomic E-state index is 13.5. The minimum absolute atomic E-state index is 0.00218. The monoisotopic (exact) mass is 541 g/mol. The number of carboxylic acid groups (broad SMARTS) is 1. The van der Waals surface area contributed by atoms with Crippen LogP contribution >= 0.6 is 12.6 Å². The van der Waals surface area contributed by atoms with E-state index < -0.39 is 47.9 Å². The topological polar surface area (TPSA) is 187 Å². The zero-order valence-corrected chi connectivity index (χ0v) is 21.6. The van der Waals surface area contributed by atoms with Gasteiger partial charge in [0.1, 0.15) is 23.9 Å². The first kappa shape index (κ1) is 28.5. The molecule has 1 heterocycles. The van der Waals surface area contributed by atoms with Crippen LogP contribution in [0.3, 0.4) is 0 Å². The van der Waals surface area contributed by atoms with Crippen LogP contribution in [0.2, 0.25) is 0 Å². The van der Waals surface area contributed by atoms with Crippen LogP contribution in [-0.2, 0) is 32.0 Å². The lowest BCUT2D eigenvalue weighted by atomic mass is 10.0. The number of fused-ring (bicyclic) bond motifs is 1. The number of rotatable bonds is 12. The van der Waals surface area contributed by atoms with E-state index in [2.05, 4.69) is 33.6 Å². The Labute approximate surface area is 224 Å². The standard InChI is InChI=1S/C26H31N5O6S/c1-14(27)23(33)29-21(11-16-12-28-19-5-3-2-4-18(16)19)25(35)30-20(10-15-6-8-17(32)9-7-15)24(34)31-22(13-38)26(36)37/h2-9,12,14,20-22,28,32,38H,10-11,13,27H2,1H3,(H,29,33)(H,30,35)(H,31,34)(H,36,37). The van der Waals surface area contributed by atoms with Crippen LogP contribution in [-0.4, -0.2) is 68.8 Å². The van der Waals surface area contributed by atoms with Gasteiger partial charge >= 0.3 is 5.97 Å². The summed E-state index contributed by atoms with van der Waals surface area (Å²) in [6.45, 7) is 1.49. The number of carboxylic acids is 1. The molecular formula is C26H31N5O6S. The van der Waals surface area contributed by atoms with Crippen LogP contribution in [0.4, 0.5) is 0 Å². The van der Waals surface area contributed by atoms with Crippen LogP contribution < -0.4 is 21.7 Å². The number of aliphatic carboxylic acids is 1. The number of H-pyrrole nitrogens is 1. The second kappa shape index (κ2) is 13.0. The zero-order valence-electron chi connectivity index (χ0n) is 20.7. The number of hydrogen-bond donors (Lipinski definition) is 8. The summed E-state index contributed by atoms with van der Waals surface area (Å²) in [7, 11) is 0. The molecule has 12 heteroatoms. The quantitative estimate of drug-likeness (QED) is 0.153. The highest BCUT2D eigenvalue weighted by Crippen LogP contribution is 2.19. The fourth-order valence-electron chi connectivity index (χ4n) is 3.84. The van der Waals surface area contributed by atoms with Crippen molar-refractivity contribution in [1.29, 1.82) is 0 Å². The number of aromatic amines is 1. The van der Waals surface area contributed by atoms with E-state index in [0.717, 1.165) is 16.5 Å². The molecule has 8 N–H and O–H groups in total. The van der Waals surface area contributed by atoms with Crippen LogP contribution in [0, 0.1) is 0 Å². The molecule has 0 aliphatic carbocycles. The van der Waals surface area contributed by atoms with Crippen molar-refractivity contribution in [1.82, 2.24) is 20.9 Å². The molecule has 0 aliphatic rings. The number of carbonyl (C=O) groups excluding carboxylic acids is 3. The summed E-state index contributed by atoms with van der Waals surface area (Å²) in [5.74, 6) is -3.35. The van der Waals surface area contributed by atoms with E-state index in [1.54, 1.807) is 18.3 Å². The van der Waals surface area contributed by atoms with Gasteiger partial charge in [0, 0.05) is 35.7 Å². The van der Waals surface area contributed by atoms with Crippen molar-refractivity contribution in [3.63, 3.8) is 0 Å². The fourth-order valence-corrected chi connectivity index (χ4v) is 4.09. The van der Waals surface area contributed by atoms with E-state index in [1.165, 1.54) is 19.1 Å². The van der Waals surface area contributed by atoms with E-state index in [4.69, 9.17) is 5.73 Å². The molecule has 3 rings (SSSR count). The number of thiol groups is 1. The maximum Gasteiger partial charge on any atom is 0.327 e. The molecule has 3 amide bonds. The van der Waals surface area contributed by atoms with Crippen molar-refractivity contribution < 1.29 is 29.4 Å². The third-order valence-corrected chi connectivity index (χ3v) is 6.32. The maximum atomic E-state index is 13.5. The highest BCUT2D eigenvalue weighted by atomic mass is 32.1. The number of phenols is 1. The molecule has 2 aromatic carbocycles. The number of phenolic OH excluding ortho intramolecular Hbond substituents is 1. The number of aromatic nitrogens is 1. The predicted octanol–water partition coefficient (Wildman–Crippen LogP) is 0.475. The molecule has 0 radical (unpaired) electrons. The lowest BCUT2D eigenvalue weighted by Crippen LogP contribution is -2.58. The Morgan fingerprint density at radius 1 is 0.895 bits per heavy atom. The Morgan fingerprint density at radius 2 is 1.47 bits per heavy atom. The average Bonchev–Trinajstić information content (AvgIpc) is 3.29. The summed E-state index contributed by atoms with van der Waals surface area (Å²) < 4.78 is 0. The van der Waals surface area contributed by atoms with Gasteiger partial charge in [-0.05, 0) is 36.2 Å². The van der Waals surface area contributed by atoms with Crippen molar-refractivity contribution in [3.8, 4) is 5.75 Å². The van der Waals surface area contributed by atoms with E-state index in [-0.39, 0.29) is 24.3 Å². The van der Waals surface area contributed by atoms with Gasteiger partial charge in [0.15, 0.2) is 0 Å². The Balaban J connectivity index is 1.87. The highest BCUT2D eigenvalue weighted by molar-refractivity contribution is 7.80. The molecule has 1 aromatic heterocycles. The Kier molecular flexibility index (Phi) is 9.74. The number of carbonyl (C=O) groups is 4. The van der Waals surface area contributed by atoms with Crippen LogP contribution in [0.5, 0.6) is 5.75 Å². The van der Waals surface area contributed by atoms with Crippen LogP contribution in [0.15, 0.2) is 54.7 Å². The zero-order chi connectivity index (χ0) is 27.8. The number of nitrogens with two attached hydrogens (primary N) is 1. The number of para-hydroxylation sites is 1. The molecule has 0 saturated carbocycles. The van der Waals surface area contributed by atoms with E-state index in [0.29, 0.717) is 5.56 Å². The van der Waals surface area contributed by atoms with Gasteiger partial charge in [0.25, 0.3) is 0 Å². The first-order valence-electron chi connectivity index (χ1n) is 11.9. The molecule has 3 aromatic rings. The smallest absolute Gasteiger partial charge is 0.327 e. The Bertz CT molecular complexity index is 1290. The Hall–Kier alpha value is -4.03. The summed E-state index contributed by atoms with van der Waals surface area (Å²) >= 11 is 3.97. The number of hydrogen-bond acceptors (Lipinski definition) is 7. The number of amides is 3. The van der Waals surface area contributed by atoms with Crippen molar-refractivity contribution in [3.05, 3.63) is 65.9 Å². The van der Waals surface area contributed by atoms with Gasteiger partial charge < -0.3 is 36.9 Å². The van der Waals surface area contributed by atoms with Gasteiger partial charge in [0.05, 0.1) is 6.04 Å². The fraction of sp³-hybridized carbons (Fsp3) is 0.308. The lowest BCUT2D eigenvalue weighted by molar-refractivity contribution is -0.141. The van der Waals surface area contributed by atoms with E-state index in [1.807, 2.05) is 24.3 Å². The van der Waals surface area contributed by atoms with Gasteiger partial charge in [-0.1, -0.05) is 30.3 Å². The molecule has 0 aliphatic heterocycles. The minimum Gasteiger partial charge on any atom is -0.508 e. The highest BCUT2D eigenvalue weighted by Gasteiger charge is 2.30. The van der Waals surface area contributed by atoms with Gasteiger partial charge in [-0.25, -0.2) is 4.79 Å². The molecule has 11 nitrogen and oxygen atoms in total. The van der Waals surface area contributed by atoms with Crippen LogP contribution in [0.1, 0.15) is 18.1 Å². The van der Waals surface area contributed by atoms with Crippen molar-refractivity contribution in [2.24, 2.45) is 5.73 Å². The van der Waals surface area contributed by atoms with Gasteiger partial charge in [0.2, 0.25) is 17.7 Å². The molecule has 38 heavy (non-hydrogen) atoms. The third-order valence-electron chi connectivity index (χ3n) is 5.95. The first-order valence-corrected chi connectivity index (χ1v) is 12.6. The molecule has 0 saturated heterocycles. The van der Waals surface area contributed by atoms with Crippen LogP contribution in [0.25, 0.3) is 10.9 Å². The predicted molar refractivity (Wildman–Crippen MR) is 145 cm³/mol. The summed E-state index contributed by atoms with van der Waals surface area (Å²) in [5, 5.41) is 27.5. The third kappa shape index (κ3) is 7.49. The summed E-state index contributed by atoms with van der Waals surface area (Å²) in [6, 6.07) is 9.09. The summed E-state index contributed by atoms with van der Waals surface area (Å²) in [4.78, 5) is 53.6. The second-order valence-corrected chi connectivity index (χ2v) is 9.29. The summed E-state index contributed by atoms with van der Waals surface area (Å²) in [5.41, 5.74) is 7.95. The largest absolute Gasteiger partial charge is 0.508 e. The first-order chi connectivity index (χ1) is 18.1. The average molecular weight is 542 g/mol. The Morgan fingerprint density at radius 3 is 2.08 bits per heavy atom. The normalized spacial score (nSPS) is 14.2. The van der Waals surface area contributed by atoms with Crippen molar-refractivity contribution in [2.45, 2.75) is 43.9 Å². The molecule has 0 fully saturated rings. The van der Waals surface area contributed by atoms with E-state index >= 15 is 0 Å². The van der Waals surface area contributed by atoms with Gasteiger partial charge in [-0.3, -0.25) is 14.4 Å². The SMILES string of the molecule is CC(N)C(=O)NC(Cc1c[nH]c2ccccc12)C(=O)NC(Cc1ccc(O)cc1)C(=O)NC(CS)C(=O)O. The molecule has 0 bridgehead atoms. The number of nitrogens with one attached hydrogen (secondary N) is 4. The molecular weight excluding hydrogens is 510 g/mol. The molecule has 4 atom stereocenters. The van der Waals surface area contributed by atoms with Crippen molar-refractivity contribution >= 4 is 47.2 Å². The number of aromatic hydroxyl groups is 1. The van der Waals surface area contributed by atoms with Crippen molar-refractivity contribution in [2.75, 3.05) is 5.75 Å². The lowest BCUT2D eigenvalue weighted by Gasteiger charge is -2.25. The van der Waals surface area contributed by atoms with Gasteiger partial charge in [-0.15, -0.1) is 0 Å². The molecule has 4 unspecified atom stereocenters. The minimum atomic E-state index is -1.27. The molecule has 0 spiro atoms. The molecule has 202 valence electrons. The summed E-state index contributed by atoms with van der Waals surface area (Å²) in [6.07, 6.45) is 1.85.